The first-order valence-corrected chi connectivity index (χ1v) is 7.62. The van der Waals surface area contributed by atoms with Crippen LogP contribution in [0.2, 0.25) is 0 Å². The van der Waals surface area contributed by atoms with E-state index in [1.165, 1.54) is 6.42 Å². The van der Waals surface area contributed by atoms with Crippen molar-refractivity contribution in [1.29, 1.82) is 0 Å². The highest BCUT2D eigenvalue weighted by molar-refractivity contribution is 7.89. The van der Waals surface area contributed by atoms with Gasteiger partial charge in [0.05, 0.1) is 5.75 Å². The van der Waals surface area contributed by atoms with Gasteiger partial charge < -0.3 is 0 Å². The molecule has 1 atom stereocenters. The van der Waals surface area contributed by atoms with Crippen molar-refractivity contribution in [2.24, 2.45) is 5.41 Å². The Kier molecular flexibility index (Phi) is 4.44. The van der Waals surface area contributed by atoms with Gasteiger partial charge in [0.2, 0.25) is 10.0 Å². The monoisotopic (exact) mass is 253 g/mol. The minimum atomic E-state index is -3.18. The van der Waals surface area contributed by atoms with Crippen LogP contribution in [-0.4, -0.2) is 26.1 Å². The molecular formula is C10H20ClNO2S. The summed E-state index contributed by atoms with van der Waals surface area (Å²) in [5.74, 6) is 0.170. The molecule has 1 N–H and O–H groups in total. The summed E-state index contributed by atoms with van der Waals surface area (Å²) in [7, 11) is -3.18. The lowest BCUT2D eigenvalue weighted by Crippen LogP contribution is -2.47. The van der Waals surface area contributed by atoms with E-state index in [0.29, 0.717) is 0 Å². The normalized spacial score (nSPS) is 26.5. The second-order valence-corrected chi connectivity index (χ2v) is 7.16. The van der Waals surface area contributed by atoms with Gasteiger partial charge in [-0.3, -0.25) is 0 Å². The fourth-order valence-electron chi connectivity index (χ4n) is 2.09. The van der Waals surface area contributed by atoms with Crippen molar-refractivity contribution in [2.45, 2.75) is 45.6 Å². The summed E-state index contributed by atoms with van der Waals surface area (Å²) in [6.45, 7) is 4.25. The molecule has 0 aromatic heterocycles. The third kappa shape index (κ3) is 3.93. The van der Waals surface area contributed by atoms with Crippen molar-refractivity contribution in [3.63, 3.8) is 0 Å². The van der Waals surface area contributed by atoms with Gasteiger partial charge in [0, 0.05) is 11.9 Å². The van der Waals surface area contributed by atoms with E-state index < -0.39 is 10.0 Å². The van der Waals surface area contributed by atoms with Crippen LogP contribution in [0.1, 0.15) is 39.5 Å². The summed E-state index contributed by atoms with van der Waals surface area (Å²) >= 11 is 5.46. The van der Waals surface area contributed by atoms with Gasteiger partial charge in [-0.05, 0) is 18.3 Å². The molecular weight excluding hydrogens is 234 g/mol. The van der Waals surface area contributed by atoms with Gasteiger partial charge in [-0.15, -0.1) is 11.6 Å². The number of halogens is 1. The fourth-order valence-corrected chi connectivity index (χ4v) is 3.89. The molecule has 0 bridgehead atoms. The van der Waals surface area contributed by atoms with Gasteiger partial charge in [-0.25, -0.2) is 13.1 Å². The summed E-state index contributed by atoms with van der Waals surface area (Å²) < 4.78 is 26.0. The Labute approximate surface area is 97.6 Å². The Balaban J connectivity index is 2.64. The zero-order valence-electron chi connectivity index (χ0n) is 9.42. The third-order valence-electron chi connectivity index (χ3n) is 3.17. The molecule has 0 amide bonds. The summed E-state index contributed by atoms with van der Waals surface area (Å²) in [6.07, 6.45) is 4.33. The van der Waals surface area contributed by atoms with Gasteiger partial charge in [0.25, 0.3) is 0 Å². The number of nitrogens with one attached hydrogen (secondary N) is 1. The van der Waals surface area contributed by atoms with Crippen LogP contribution >= 0.6 is 11.6 Å². The van der Waals surface area contributed by atoms with Crippen LogP contribution in [-0.2, 0) is 10.0 Å². The van der Waals surface area contributed by atoms with Crippen molar-refractivity contribution < 1.29 is 8.42 Å². The molecule has 0 aromatic carbocycles. The SMILES string of the molecule is CC1(C)CCCCC1NS(=O)(=O)CCCl. The molecule has 0 saturated heterocycles. The lowest BCUT2D eigenvalue weighted by Gasteiger charge is -2.38. The molecule has 1 aliphatic rings. The van der Waals surface area contributed by atoms with Gasteiger partial charge in [-0.2, -0.15) is 0 Å². The summed E-state index contributed by atoms with van der Waals surface area (Å²) in [5, 5.41) is 0. The van der Waals surface area contributed by atoms with Gasteiger partial charge in [0.1, 0.15) is 0 Å². The zero-order chi connectivity index (χ0) is 11.5. The van der Waals surface area contributed by atoms with Crippen LogP contribution in [0.3, 0.4) is 0 Å². The molecule has 15 heavy (non-hydrogen) atoms. The summed E-state index contributed by atoms with van der Waals surface area (Å²) in [5.41, 5.74) is 0.0671. The first-order chi connectivity index (χ1) is 6.87. The highest BCUT2D eigenvalue weighted by Gasteiger charge is 2.34. The molecule has 0 aromatic rings. The fraction of sp³-hybridized carbons (Fsp3) is 1.00. The van der Waals surface area contributed by atoms with E-state index in [-0.39, 0.29) is 23.1 Å². The summed E-state index contributed by atoms with van der Waals surface area (Å²) in [6, 6.07) is 0.0690. The number of hydrogen-bond acceptors (Lipinski definition) is 2. The maximum atomic E-state index is 11.6. The topological polar surface area (TPSA) is 46.2 Å². The lowest BCUT2D eigenvalue weighted by atomic mass is 9.74. The van der Waals surface area contributed by atoms with Gasteiger partial charge in [0.15, 0.2) is 0 Å². The molecule has 1 saturated carbocycles. The van der Waals surface area contributed by atoms with E-state index >= 15 is 0 Å². The Morgan fingerprint density at radius 1 is 1.40 bits per heavy atom. The van der Waals surface area contributed by atoms with Crippen LogP contribution < -0.4 is 4.72 Å². The second-order valence-electron chi connectivity index (χ2n) is 4.91. The molecule has 1 unspecified atom stereocenters. The van der Waals surface area contributed by atoms with Crippen molar-refractivity contribution in [2.75, 3.05) is 11.6 Å². The van der Waals surface area contributed by atoms with E-state index in [2.05, 4.69) is 18.6 Å². The average molecular weight is 254 g/mol. The maximum absolute atomic E-state index is 11.6. The van der Waals surface area contributed by atoms with E-state index in [0.717, 1.165) is 19.3 Å². The van der Waals surface area contributed by atoms with E-state index in [1.54, 1.807) is 0 Å². The molecule has 90 valence electrons. The van der Waals surface area contributed by atoms with Crippen LogP contribution in [0.4, 0.5) is 0 Å². The number of alkyl halides is 1. The minimum absolute atomic E-state index is 0.0150. The Morgan fingerprint density at radius 3 is 2.60 bits per heavy atom. The first-order valence-electron chi connectivity index (χ1n) is 5.43. The Bertz CT molecular complexity index is 301. The largest absolute Gasteiger partial charge is 0.213 e. The maximum Gasteiger partial charge on any atom is 0.213 e. The van der Waals surface area contributed by atoms with Crippen molar-refractivity contribution >= 4 is 21.6 Å². The Morgan fingerprint density at radius 2 is 2.07 bits per heavy atom. The van der Waals surface area contributed by atoms with E-state index in [1.807, 2.05) is 0 Å². The number of rotatable bonds is 4. The molecule has 3 nitrogen and oxygen atoms in total. The summed E-state index contributed by atoms with van der Waals surface area (Å²) in [4.78, 5) is 0. The Hall–Kier alpha value is 0.200. The average Bonchev–Trinajstić information content (AvgIpc) is 2.08. The van der Waals surface area contributed by atoms with Crippen LogP contribution in [0.25, 0.3) is 0 Å². The third-order valence-corrected chi connectivity index (χ3v) is 4.97. The van der Waals surface area contributed by atoms with Crippen molar-refractivity contribution in [1.82, 2.24) is 4.72 Å². The second kappa shape index (κ2) is 5.02. The van der Waals surface area contributed by atoms with E-state index in [4.69, 9.17) is 11.6 Å². The molecule has 0 spiro atoms. The predicted molar refractivity (Wildman–Crippen MR) is 63.7 cm³/mol. The molecule has 1 aliphatic carbocycles. The quantitative estimate of drug-likeness (QED) is 0.780. The van der Waals surface area contributed by atoms with Crippen molar-refractivity contribution in [3.05, 3.63) is 0 Å². The van der Waals surface area contributed by atoms with Crippen LogP contribution in [0.5, 0.6) is 0 Å². The zero-order valence-corrected chi connectivity index (χ0v) is 11.0. The highest BCUT2D eigenvalue weighted by Crippen LogP contribution is 2.35. The lowest BCUT2D eigenvalue weighted by molar-refractivity contribution is 0.188. The molecule has 0 heterocycles. The van der Waals surface area contributed by atoms with Gasteiger partial charge in [-0.1, -0.05) is 26.7 Å². The smallest absolute Gasteiger partial charge is 0.212 e. The number of sulfonamides is 1. The first kappa shape index (κ1) is 13.3. The van der Waals surface area contributed by atoms with E-state index in [9.17, 15) is 8.42 Å². The standard InChI is InChI=1S/C10H20ClNO2S/c1-10(2)6-4-3-5-9(10)12-15(13,14)8-7-11/h9,12H,3-8H2,1-2H3. The molecule has 0 radical (unpaired) electrons. The number of hydrogen-bond donors (Lipinski definition) is 1. The molecule has 1 fully saturated rings. The molecule has 0 aliphatic heterocycles. The van der Waals surface area contributed by atoms with Crippen LogP contribution in [0, 0.1) is 5.41 Å². The van der Waals surface area contributed by atoms with Crippen molar-refractivity contribution in [3.8, 4) is 0 Å². The predicted octanol–water partition coefficient (Wildman–Crippen LogP) is 2.11. The minimum Gasteiger partial charge on any atom is -0.212 e. The van der Waals surface area contributed by atoms with Gasteiger partial charge >= 0.3 is 0 Å². The molecule has 1 rings (SSSR count). The van der Waals surface area contributed by atoms with Crippen LogP contribution in [0.15, 0.2) is 0 Å². The molecule has 5 heteroatoms. The highest BCUT2D eigenvalue weighted by atomic mass is 35.5.